The number of nitrogens with one attached hydrogen (secondary N) is 1. The van der Waals surface area contributed by atoms with E-state index in [-0.39, 0.29) is 24.4 Å². The lowest BCUT2D eigenvalue weighted by molar-refractivity contribution is -0.135. The number of thioether (sulfide) groups is 1. The van der Waals surface area contributed by atoms with E-state index in [1.165, 1.54) is 16.0 Å². The van der Waals surface area contributed by atoms with Crippen molar-refractivity contribution >= 4 is 23.6 Å². The van der Waals surface area contributed by atoms with Crippen LogP contribution in [0.25, 0.3) is 0 Å². The Kier molecular flexibility index (Phi) is 8.17. The molecule has 0 aliphatic rings. The number of hydrogen-bond acceptors (Lipinski definition) is 3. The number of rotatable bonds is 8. The van der Waals surface area contributed by atoms with Crippen LogP contribution in [-0.4, -0.2) is 41.6 Å². The van der Waals surface area contributed by atoms with Crippen molar-refractivity contribution in [2.75, 3.05) is 18.8 Å². The highest BCUT2D eigenvalue weighted by Gasteiger charge is 2.15. The SMILES string of the molecule is CCN(CC(=O)NC(C)C)C(=O)CCSc1ccc(C)c(C)c1. The van der Waals surface area contributed by atoms with Crippen molar-refractivity contribution in [3.05, 3.63) is 29.3 Å². The fourth-order valence-corrected chi connectivity index (χ4v) is 3.07. The third-order valence-corrected chi connectivity index (χ3v) is 4.58. The van der Waals surface area contributed by atoms with Crippen molar-refractivity contribution in [2.24, 2.45) is 0 Å². The zero-order chi connectivity index (χ0) is 17.4. The summed E-state index contributed by atoms with van der Waals surface area (Å²) in [6, 6.07) is 6.44. The topological polar surface area (TPSA) is 49.4 Å². The van der Waals surface area contributed by atoms with E-state index < -0.39 is 0 Å². The first-order valence-corrected chi connectivity index (χ1v) is 9.09. The molecule has 1 N–H and O–H groups in total. The molecule has 0 spiro atoms. The summed E-state index contributed by atoms with van der Waals surface area (Å²) in [5.74, 6) is 0.656. The molecule has 1 aromatic carbocycles. The van der Waals surface area contributed by atoms with Crippen molar-refractivity contribution in [1.29, 1.82) is 0 Å². The fraction of sp³-hybridized carbons (Fsp3) is 0.556. The Hall–Kier alpha value is -1.49. The number of nitrogens with zero attached hydrogens (tertiary/aromatic N) is 1. The number of likely N-dealkylation sites (N-methyl/N-ethyl adjacent to an activating group) is 1. The molecule has 0 aromatic heterocycles. The Labute approximate surface area is 144 Å². The molecule has 0 saturated carbocycles. The predicted molar refractivity (Wildman–Crippen MR) is 96.8 cm³/mol. The Morgan fingerprint density at radius 1 is 1.22 bits per heavy atom. The van der Waals surface area contributed by atoms with E-state index in [9.17, 15) is 9.59 Å². The Morgan fingerprint density at radius 2 is 1.91 bits per heavy atom. The third kappa shape index (κ3) is 7.08. The van der Waals surface area contributed by atoms with Gasteiger partial charge in [0.25, 0.3) is 0 Å². The van der Waals surface area contributed by atoms with E-state index in [0.717, 1.165) is 5.75 Å². The summed E-state index contributed by atoms with van der Waals surface area (Å²) in [6.45, 7) is 10.6. The van der Waals surface area contributed by atoms with Crippen LogP contribution in [0.5, 0.6) is 0 Å². The van der Waals surface area contributed by atoms with Crippen LogP contribution >= 0.6 is 11.8 Å². The molecule has 0 fully saturated rings. The second-order valence-electron chi connectivity index (χ2n) is 5.97. The summed E-state index contributed by atoms with van der Waals surface area (Å²) in [5.41, 5.74) is 2.54. The van der Waals surface area contributed by atoms with E-state index in [1.807, 2.05) is 20.8 Å². The monoisotopic (exact) mass is 336 g/mol. The van der Waals surface area contributed by atoms with Crippen LogP contribution in [0.2, 0.25) is 0 Å². The minimum absolute atomic E-state index is 0.0303. The molecular weight excluding hydrogens is 308 g/mol. The van der Waals surface area contributed by atoms with Gasteiger partial charge in [0.2, 0.25) is 11.8 Å². The van der Waals surface area contributed by atoms with Gasteiger partial charge in [-0.25, -0.2) is 0 Å². The lowest BCUT2D eigenvalue weighted by Gasteiger charge is -2.21. The van der Waals surface area contributed by atoms with Crippen LogP contribution in [0.15, 0.2) is 23.1 Å². The van der Waals surface area contributed by atoms with Gasteiger partial charge in [0.05, 0.1) is 6.54 Å². The first-order valence-electron chi connectivity index (χ1n) is 8.10. The number of aryl methyl sites for hydroxylation is 2. The molecule has 0 aliphatic heterocycles. The van der Waals surface area contributed by atoms with Gasteiger partial charge in [-0.15, -0.1) is 11.8 Å². The maximum atomic E-state index is 12.2. The molecule has 0 atom stereocenters. The van der Waals surface area contributed by atoms with Gasteiger partial charge in [0, 0.05) is 29.7 Å². The molecule has 0 saturated heterocycles. The molecule has 23 heavy (non-hydrogen) atoms. The van der Waals surface area contributed by atoms with Gasteiger partial charge in [-0.2, -0.15) is 0 Å². The maximum Gasteiger partial charge on any atom is 0.239 e. The lowest BCUT2D eigenvalue weighted by atomic mass is 10.1. The highest BCUT2D eigenvalue weighted by Crippen LogP contribution is 2.21. The number of carbonyl (C=O) groups excluding carboxylic acids is 2. The van der Waals surface area contributed by atoms with Crippen LogP contribution in [-0.2, 0) is 9.59 Å². The van der Waals surface area contributed by atoms with Crippen molar-refractivity contribution in [3.63, 3.8) is 0 Å². The zero-order valence-corrected chi connectivity index (χ0v) is 15.6. The molecule has 1 aromatic rings. The van der Waals surface area contributed by atoms with E-state index in [4.69, 9.17) is 0 Å². The Morgan fingerprint density at radius 3 is 2.48 bits per heavy atom. The van der Waals surface area contributed by atoms with Gasteiger partial charge in [-0.1, -0.05) is 6.07 Å². The molecule has 128 valence electrons. The van der Waals surface area contributed by atoms with Crippen molar-refractivity contribution in [3.8, 4) is 0 Å². The predicted octanol–water partition coefficient (Wildman–Crippen LogP) is 3.16. The number of amides is 2. The van der Waals surface area contributed by atoms with Gasteiger partial charge in [0.1, 0.15) is 0 Å². The second-order valence-corrected chi connectivity index (χ2v) is 7.14. The van der Waals surface area contributed by atoms with Crippen LogP contribution in [0.1, 0.15) is 38.3 Å². The van der Waals surface area contributed by atoms with Crippen molar-refractivity contribution in [2.45, 2.75) is 52.0 Å². The van der Waals surface area contributed by atoms with E-state index in [0.29, 0.717) is 13.0 Å². The van der Waals surface area contributed by atoms with Crippen molar-refractivity contribution in [1.82, 2.24) is 10.2 Å². The summed E-state index contributed by atoms with van der Waals surface area (Å²) in [4.78, 5) is 26.8. The van der Waals surface area contributed by atoms with Crippen molar-refractivity contribution < 1.29 is 9.59 Å². The third-order valence-electron chi connectivity index (χ3n) is 3.58. The van der Waals surface area contributed by atoms with Gasteiger partial charge in [0.15, 0.2) is 0 Å². The molecule has 5 heteroatoms. The smallest absolute Gasteiger partial charge is 0.239 e. The molecule has 2 amide bonds. The lowest BCUT2D eigenvalue weighted by Crippen LogP contribution is -2.42. The molecule has 4 nitrogen and oxygen atoms in total. The van der Waals surface area contributed by atoms with E-state index in [1.54, 1.807) is 16.7 Å². The molecule has 0 unspecified atom stereocenters. The van der Waals surface area contributed by atoms with E-state index in [2.05, 4.69) is 37.4 Å². The first kappa shape index (κ1) is 19.6. The number of carbonyl (C=O) groups is 2. The summed E-state index contributed by atoms with van der Waals surface area (Å²) < 4.78 is 0. The standard InChI is InChI=1S/C18H28N2O2S/c1-6-20(12-17(21)19-13(2)3)18(22)9-10-23-16-8-7-14(4)15(5)11-16/h7-8,11,13H,6,9-10,12H2,1-5H3,(H,19,21). The highest BCUT2D eigenvalue weighted by atomic mass is 32.2. The van der Waals surface area contributed by atoms with E-state index >= 15 is 0 Å². The number of benzene rings is 1. The van der Waals surface area contributed by atoms with Crippen LogP contribution in [0.4, 0.5) is 0 Å². The molecule has 0 aliphatic carbocycles. The molecule has 0 bridgehead atoms. The summed E-state index contributed by atoms with van der Waals surface area (Å²) in [7, 11) is 0. The summed E-state index contributed by atoms with van der Waals surface area (Å²) >= 11 is 1.68. The van der Waals surface area contributed by atoms with Crippen LogP contribution in [0, 0.1) is 13.8 Å². The first-order chi connectivity index (χ1) is 10.8. The molecule has 1 rings (SSSR count). The molecular formula is C18H28N2O2S. The van der Waals surface area contributed by atoms with Crippen LogP contribution < -0.4 is 5.32 Å². The zero-order valence-electron chi connectivity index (χ0n) is 14.8. The van der Waals surface area contributed by atoms with Gasteiger partial charge in [-0.05, 0) is 57.9 Å². The Balaban J connectivity index is 2.44. The van der Waals surface area contributed by atoms with Crippen LogP contribution in [0.3, 0.4) is 0 Å². The minimum atomic E-state index is -0.1000. The highest BCUT2D eigenvalue weighted by molar-refractivity contribution is 7.99. The Bertz CT molecular complexity index is 544. The summed E-state index contributed by atoms with van der Waals surface area (Å²) in [5, 5.41) is 2.82. The number of hydrogen-bond donors (Lipinski definition) is 1. The van der Waals surface area contributed by atoms with Gasteiger partial charge >= 0.3 is 0 Å². The average Bonchev–Trinajstić information content (AvgIpc) is 2.47. The fourth-order valence-electron chi connectivity index (χ4n) is 2.14. The quantitative estimate of drug-likeness (QED) is 0.742. The molecule has 0 heterocycles. The average molecular weight is 337 g/mol. The minimum Gasteiger partial charge on any atom is -0.352 e. The normalized spacial score (nSPS) is 10.7. The largest absolute Gasteiger partial charge is 0.352 e. The summed E-state index contributed by atoms with van der Waals surface area (Å²) in [6.07, 6.45) is 0.445. The molecule has 0 radical (unpaired) electrons. The van der Waals surface area contributed by atoms with Gasteiger partial charge in [-0.3, -0.25) is 9.59 Å². The maximum absolute atomic E-state index is 12.2. The van der Waals surface area contributed by atoms with Gasteiger partial charge < -0.3 is 10.2 Å². The second kappa shape index (κ2) is 9.60.